The number of likely N-dealkylation sites (tertiary alicyclic amines) is 1. The number of nitrogens with two attached hydrogens (primary N) is 1. The Morgan fingerprint density at radius 1 is 1.35 bits per heavy atom. The summed E-state index contributed by atoms with van der Waals surface area (Å²) in [4.78, 5) is 13.9. The third-order valence-corrected chi connectivity index (χ3v) is 5.83. The average molecular weight is 410 g/mol. The number of halogens is 2. The van der Waals surface area contributed by atoms with Crippen molar-refractivity contribution in [3.05, 3.63) is 30.1 Å². The molecule has 1 amide bonds. The zero-order chi connectivity index (χ0) is 18.4. The van der Waals surface area contributed by atoms with Crippen molar-refractivity contribution < 1.29 is 22.3 Å². The second-order valence-electron chi connectivity index (χ2n) is 6.03. The van der Waals surface area contributed by atoms with Gasteiger partial charge in [-0.3, -0.25) is 4.79 Å². The van der Waals surface area contributed by atoms with Gasteiger partial charge >= 0.3 is 0 Å². The van der Waals surface area contributed by atoms with Gasteiger partial charge in [0.1, 0.15) is 5.82 Å². The Morgan fingerprint density at radius 2 is 1.92 bits per heavy atom. The molecule has 0 radical (unpaired) electrons. The maximum Gasteiger partial charge on any atom is 0.240 e. The Morgan fingerprint density at radius 3 is 2.42 bits per heavy atom. The molecule has 1 fully saturated rings. The van der Waals surface area contributed by atoms with Crippen LogP contribution in [-0.2, 0) is 19.6 Å². The van der Waals surface area contributed by atoms with Crippen molar-refractivity contribution >= 4 is 28.3 Å². The van der Waals surface area contributed by atoms with Gasteiger partial charge in [0.05, 0.1) is 17.4 Å². The number of rotatable bonds is 7. The summed E-state index contributed by atoms with van der Waals surface area (Å²) >= 11 is 0. The van der Waals surface area contributed by atoms with E-state index in [1.54, 1.807) is 4.90 Å². The van der Waals surface area contributed by atoms with Gasteiger partial charge in [-0.15, -0.1) is 12.4 Å². The maximum absolute atomic E-state index is 12.9. The summed E-state index contributed by atoms with van der Waals surface area (Å²) in [5.41, 5.74) is 5.52. The van der Waals surface area contributed by atoms with Crippen LogP contribution >= 0.6 is 12.4 Å². The first-order chi connectivity index (χ1) is 11.9. The molecule has 2 rings (SSSR count). The molecular formula is C16H25ClFN3O4S. The highest BCUT2D eigenvalue weighted by Crippen LogP contribution is 2.16. The largest absolute Gasteiger partial charge is 0.380 e. The van der Waals surface area contributed by atoms with E-state index in [2.05, 4.69) is 4.72 Å². The molecule has 1 unspecified atom stereocenters. The molecular weight excluding hydrogens is 385 g/mol. The number of nitrogens with one attached hydrogen (secondary N) is 1. The highest BCUT2D eigenvalue weighted by Gasteiger charge is 2.27. The summed E-state index contributed by atoms with van der Waals surface area (Å²) in [6, 6.07) is 4.42. The summed E-state index contributed by atoms with van der Waals surface area (Å²) in [5, 5.41) is 0. The Hall–Kier alpha value is -1.26. The number of hydrogen-bond donors (Lipinski definition) is 2. The number of piperidine rings is 1. The second kappa shape index (κ2) is 10.2. The summed E-state index contributed by atoms with van der Waals surface area (Å²) in [6.45, 7) is 1.21. The number of hydrogen-bond acceptors (Lipinski definition) is 5. The molecule has 10 heteroatoms. The first kappa shape index (κ1) is 22.8. The summed E-state index contributed by atoms with van der Waals surface area (Å²) < 4.78 is 45.3. The predicted octanol–water partition coefficient (Wildman–Crippen LogP) is 0.881. The third kappa shape index (κ3) is 6.17. The second-order valence-corrected chi connectivity index (χ2v) is 7.74. The van der Waals surface area contributed by atoms with E-state index < -0.39 is 15.8 Å². The van der Waals surface area contributed by atoms with E-state index >= 15 is 0 Å². The molecule has 148 valence electrons. The quantitative estimate of drug-likeness (QED) is 0.696. The van der Waals surface area contributed by atoms with Gasteiger partial charge in [0, 0.05) is 32.8 Å². The number of sulfonamides is 1. The molecule has 1 aromatic carbocycles. The molecule has 7 nitrogen and oxygen atoms in total. The van der Waals surface area contributed by atoms with Crippen LogP contribution in [0.4, 0.5) is 4.39 Å². The lowest BCUT2D eigenvalue weighted by Crippen LogP contribution is -2.47. The minimum Gasteiger partial charge on any atom is -0.380 e. The van der Waals surface area contributed by atoms with Crippen molar-refractivity contribution in [1.82, 2.24) is 9.62 Å². The normalized spacial score (nSPS) is 16.8. The van der Waals surface area contributed by atoms with Crippen molar-refractivity contribution in [3.63, 3.8) is 0 Å². The van der Waals surface area contributed by atoms with Gasteiger partial charge in [-0.25, -0.2) is 17.5 Å². The number of benzene rings is 1. The highest BCUT2D eigenvalue weighted by molar-refractivity contribution is 7.89. The van der Waals surface area contributed by atoms with Crippen molar-refractivity contribution in [1.29, 1.82) is 0 Å². The Bertz CT molecular complexity index is 675. The van der Waals surface area contributed by atoms with E-state index in [9.17, 15) is 17.6 Å². The SMILES string of the molecule is COC(CN)CC(=O)N1CCC(NS(=O)(=O)c2ccc(F)cc2)CC1.Cl. The Kier molecular flexibility index (Phi) is 8.91. The van der Waals surface area contributed by atoms with E-state index in [1.165, 1.54) is 19.2 Å². The third-order valence-electron chi connectivity index (χ3n) is 4.29. The molecule has 0 aliphatic carbocycles. The fourth-order valence-corrected chi connectivity index (χ4v) is 4.04. The van der Waals surface area contributed by atoms with E-state index in [1.807, 2.05) is 0 Å². The molecule has 0 aromatic heterocycles. The van der Waals surface area contributed by atoms with Crippen LogP contribution in [0.1, 0.15) is 19.3 Å². The molecule has 3 N–H and O–H groups in total. The minimum atomic E-state index is -3.70. The Labute approximate surface area is 159 Å². The van der Waals surface area contributed by atoms with Crippen molar-refractivity contribution in [3.8, 4) is 0 Å². The highest BCUT2D eigenvalue weighted by atomic mass is 35.5. The standard InChI is InChI=1S/C16H24FN3O4S.ClH/c1-24-14(11-18)10-16(21)20-8-6-13(7-9-20)19-25(22,23)15-4-2-12(17)3-5-15;/h2-5,13-14,19H,6-11,18H2,1H3;1H. The van der Waals surface area contributed by atoms with Crippen LogP contribution in [0, 0.1) is 5.82 Å². The molecule has 1 aliphatic heterocycles. The fourth-order valence-electron chi connectivity index (χ4n) is 2.73. The topological polar surface area (TPSA) is 102 Å². The van der Waals surface area contributed by atoms with E-state index in [0.29, 0.717) is 25.9 Å². The number of methoxy groups -OCH3 is 1. The zero-order valence-corrected chi connectivity index (χ0v) is 16.2. The van der Waals surface area contributed by atoms with Crippen molar-refractivity contribution in [2.45, 2.75) is 36.3 Å². The number of amides is 1. The van der Waals surface area contributed by atoms with Crippen LogP contribution in [0.15, 0.2) is 29.2 Å². The van der Waals surface area contributed by atoms with E-state index in [-0.39, 0.29) is 48.3 Å². The van der Waals surface area contributed by atoms with Crippen molar-refractivity contribution in [2.75, 3.05) is 26.7 Å². The first-order valence-electron chi connectivity index (χ1n) is 8.14. The van der Waals surface area contributed by atoms with Gasteiger partial charge in [-0.2, -0.15) is 0 Å². The number of nitrogens with zero attached hydrogens (tertiary/aromatic N) is 1. The molecule has 1 atom stereocenters. The molecule has 1 heterocycles. The molecule has 0 bridgehead atoms. The maximum atomic E-state index is 12.9. The lowest BCUT2D eigenvalue weighted by atomic mass is 10.1. The molecule has 1 aromatic rings. The number of ether oxygens (including phenoxy) is 1. The molecule has 1 saturated heterocycles. The average Bonchev–Trinajstić information content (AvgIpc) is 2.60. The van der Waals surface area contributed by atoms with Gasteiger partial charge in [-0.1, -0.05) is 0 Å². The van der Waals surface area contributed by atoms with Gasteiger partial charge in [-0.05, 0) is 37.1 Å². The van der Waals surface area contributed by atoms with Gasteiger partial charge in [0.2, 0.25) is 15.9 Å². The molecule has 0 spiro atoms. The van der Waals surface area contributed by atoms with Crippen LogP contribution in [0.5, 0.6) is 0 Å². The van der Waals surface area contributed by atoms with Crippen molar-refractivity contribution in [2.24, 2.45) is 5.73 Å². The van der Waals surface area contributed by atoms with Crippen LogP contribution in [0.25, 0.3) is 0 Å². The summed E-state index contributed by atoms with van der Waals surface area (Å²) in [7, 11) is -2.18. The predicted molar refractivity (Wildman–Crippen MR) is 98.0 cm³/mol. The van der Waals surface area contributed by atoms with Gasteiger partial charge in [0.15, 0.2) is 0 Å². The minimum absolute atomic E-state index is 0. The summed E-state index contributed by atoms with van der Waals surface area (Å²) in [6.07, 6.45) is 0.958. The van der Waals surface area contributed by atoms with Crippen LogP contribution in [0.3, 0.4) is 0 Å². The number of carbonyl (C=O) groups is 1. The lowest BCUT2D eigenvalue weighted by Gasteiger charge is -2.33. The zero-order valence-electron chi connectivity index (χ0n) is 14.6. The van der Waals surface area contributed by atoms with Gasteiger partial charge in [0.25, 0.3) is 0 Å². The van der Waals surface area contributed by atoms with Gasteiger partial charge < -0.3 is 15.4 Å². The first-order valence-corrected chi connectivity index (χ1v) is 9.62. The van der Waals surface area contributed by atoms with E-state index in [0.717, 1.165) is 12.1 Å². The summed E-state index contributed by atoms with van der Waals surface area (Å²) in [5.74, 6) is -0.533. The monoisotopic (exact) mass is 409 g/mol. The lowest BCUT2D eigenvalue weighted by molar-refractivity contribution is -0.134. The molecule has 1 aliphatic rings. The van der Waals surface area contributed by atoms with Crippen LogP contribution < -0.4 is 10.5 Å². The smallest absolute Gasteiger partial charge is 0.240 e. The fraction of sp³-hybridized carbons (Fsp3) is 0.562. The Balaban J connectivity index is 0.00000338. The molecule has 26 heavy (non-hydrogen) atoms. The van der Waals surface area contributed by atoms with Crippen LogP contribution in [-0.4, -0.2) is 58.1 Å². The van der Waals surface area contributed by atoms with Crippen LogP contribution in [0.2, 0.25) is 0 Å². The number of carbonyl (C=O) groups excluding carboxylic acids is 1. The molecule has 0 saturated carbocycles. The van der Waals surface area contributed by atoms with E-state index in [4.69, 9.17) is 10.5 Å².